The van der Waals surface area contributed by atoms with E-state index in [2.05, 4.69) is 5.32 Å². The molecule has 4 nitrogen and oxygen atoms in total. The second-order valence-electron chi connectivity index (χ2n) is 5.68. The molecule has 0 aliphatic rings. The third-order valence-corrected chi connectivity index (χ3v) is 3.90. The molecule has 0 fully saturated rings. The van der Waals surface area contributed by atoms with E-state index in [1.807, 2.05) is 67.6 Å². The summed E-state index contributed by atoms with van der Waals surface area (Å²) in [7, 11) is 1.60. The fourth-order valence-electron chi connectivity index (χ4n) is 2.71. The van der Waals surface area contributed by atoms with E-state index < -0.39 is 6.04 Å². The summed E-state index contributed by atoms with van der Waals surface area (Å²) in [4.78, 5) is 27.0. The van der Waals surface area contributed by atoms with Crippen LogP contribution in [0.5, 0.6) is 0 Å². The Hall–Kier alpha value is -2.62. The number of hydrogen-bond donors (Lipinski definition) is 1. The molecule has 1 atom stereocenters. The highest BCUT2D eigenvalue weighted by atomic mass is 16.2. The minimum absolute atomic E-state index is 0.0150. The van der Waals surface area contributed by atoms with Crippen LogP contribution >= 0.6 is 0 Å². The van der Waals surface area contributed by atoms with Crippen molar-refractivity contribution in [1.82, 2.24) is 10.2 Å². The molecule has 0 saturated heterocycles. The first-order valence-corrected chi connectivity index (χ1v) is 8.27. The summed E-state index contributed by atoms with van der Waals surface area (Å²) in [6, 6.07) is 18.6. The summed E-state index contributed by atoms with van der Waals surface area (Å²) < 4.78 is 0. The fraction of sp³-hybridized carbons (Fsp3) is 0.300. The van der Waals surface area contributed by atoms with Crippen LogP contribution in [0.4, 0.5) is 0 Å². The molecule has 0 spiro atoms. The van der Waals surface area contributed by atoms with Gasteiger partial charge in [-0.25, -0.2) is 0 Å². The summed E-state index contributed by atoms with van der Waals surface area (Å²) in [6.45, 7) is 2.38. The molecule has 2 rings (SSSR count). The Morgan fingerprint density at radius 1 is 1.00 bits per heavy atom. The van der Waals surface area contributed by atoms with Gasteiger partial charge in [0, 0.05) is 20.0 Å². The standard InChI is InChI=1S/C20H24N2O2/c1-3-10-18(23)22(15-16-11-6-4-7-12-16)19(20(24)21-2)17-13-8-5-9-14-17/h4-9,11-14,19H,3,10,15H2,1-2H3,(H,21,24)/t19-/m1/s1. The maximum Gasteiger partial charge on any atom is 0.247 e. The normalized spacial score (nSPS) is 11.6. The zero-order valence-corrected chi connectivity index (χ0v) is 14.2. The highest BCUT2D eigenvalue weighted by Crippen LogP contribution is 2.24. The molecule has 2 amide bonds. The zero-order chi connectivity index (χ0) is 17.4. The van der Waals surface area contributed by atoms with Gasteiger partial charge in [-0.15, -0.1) is 0 Å². The van der Waals surface area contributed by atoms with Crippen molar-refractivity contribution >= 4 is 11.8 Å². The van der Waals surface area contributed by atoms with Crippen molar-refractivity contribution in [3.63, 3.8) is 0 Å². The Morgan fingerprint density at radius 2 is 1.58 bits per heavy atom. The van der Waals surface area contributed by atoms with E-state index in [1.165, 1.54) is 0 Å². The molecule has 24 heavy (non-hydrogen) atoms. The second kappa shape index (κ2) is 8.87. The van der Waals surface area contributed by atoms with E-state index in [1.54, 1.807) is 11.9 Å². The lowest BCUT2D eigenvalue weighted by Crippen LogP contribution is -2.42. The SMILES string of the molecule is CCCC(=O)N(Cc1ccccc1)[C@@H](C(=O)NC)c1ccccc1. The number of nitrogens with one attached hydrogen (secondary N) is 1. The van der Waals surface area contributed by atoms with Gasteiger partial charge in [-0.1, -0.05) is 67.6 Å². The van der Waals surface area contributed by atoms with Crippen molar-refractivity contribution in [2.24, 2.45) is 0 Å². The Morgan fingerprint density at radius 3 is 2.12 bits per heavy atom. The van der Waals surface area contributed by atoms with Crippen LogP contribution in [-0.2, 0) is 16.1 Å². The van der Waals surface area contributed by atoms with Gasteiger partial charge in [0.1, 0.15) is 6.04 Å². The van der Waals surface area contributed by atoms with E-state index in [4.69, 9.17) is 0 Å². The van der Waals surface area contributed by atoms with Crippen LogP contribution in [0, 0.1) is 0 Å². The van der Waals surface area contributed by atoms with Gasteiger partial charge in [0.2, 0.25) is 11.8 Å². The zero-order valence-electron chi connectivity index (χ0n) is 14.2. The van der Waals surface area contributed by atoms with Gasteiger partial charge < -0.3 is 10.2 Å². The topological polar surface area (TPSA) is 49.4 Å². The van der Waals surface area contributed by atoms with E-state index in [0.29, 0.717) is 13.0 Å². The third-order valence-electron chi connectivity index (χ3n) is 3.90. The first-order chi connectivity index (χ1) is 11.7. The second-order valence-corrected chi connectivity index (χ2v) is 5.68. The quantitative estimate of drug-likeness (QED) is 0.849. The van der Waals surface area contributed by atoms with Crippen LogP contribution in [0.1, 0.15) is 36.9 Å². The summed E-state index contributed by atoms with van der Waals surface area (Å²) in [5.74, 6) is -0.194. The average molecular weight is 324 g/mol. The van der Waals surface area contributed by atoms with E-state index in [9.17, 15) is 9.59 Å². The van der Waals surface area contributed by atoms with E-state index >= 15 is 0 Å². The predicted molar refractivity (Wildman–Crippen MR) is 95.1 cm³/mol. The van der Waals surface area contributed by atoms with Gasteiger partial charge in [-0.3, -0.25) is 9.59 Å². The van der Waals surface area contributed by atoms with Crippen molar-refractivity contribution in [2.75, 3.05) is 7.05 Å². The molecule has 0 aliphatic heterocycles. The minimum atomic E-state index is -0.629. The minimum Gasteiger partial charge on any atom is -0.357 e. The first-order valence-electron chi connectivity index (χ1n) is 8.27. The van der Waals surface area contributed by atoms with E-state index in [0.717, 1.165) is 17.5 Å². The Labute approximate surface area is 143 Å². The van der Waals surface area contributed by atoms with Gasteiger partial charge in [-0.2, -0.15) is 0 Å². The van der Waals surface area contributed by atoms with Crippen LogP contribution in [0.25, 0.3) is 0 Å². The van der Waals surface area contributed by atoms with E-state index in [-0.39, 0.29) is 11.8 Å². The first kappa shape index (κ1) is 17.7. The maximum absolute atomic E-state index is 12.7. The fourth-order valence-corrected chi connectivity index (χ4v) is 2.71. The van der Waals surface area contributed by atoms with Crippen molar-refractivity contribution in [2.45, 2.75) is 32.4 Å². The smallest absolute Gasteiger partial charge is 0.247 e. The molecular formula is C20H24N2O2. The van der Waals surface area contributed by atoms with Crippen LogP contribution in [0.15, 0.2) is 60.7 Å². The van der Waals surface area contributed by atoms with Crippen molar-refractivity contribution in [3.8, 4) is 0 Å². The molecule has 0 unspecified atom stereocenters. The van der Waals surface area contributed by atoms with Crippen LogP contribution < -0.4 is 5.32 Å². The number of likely N-dealkylation sites (N-methyl/N-ethyl adjacent to an activating group) is 1. The van der Waals surface area contributed by atoms with Gasteiger partial charge in [0.25, 0.3) is 0 Å². The molecule has 2 aromatic rings. The third kappa shape index (κ3) is 4.44. The summed E-state index contributed by atoms with van der Waals surface area (Å²) in [6.07, 6.45) is 1.17. The molecule has 0 aliphatic carbocycles. The number of carbonyl (C=O) groups excluding carboxylic acids is 2. The number of nitrogens with zero attached hydrogens (tertiary/aromatic N) is 1. The molecule has 0 aromatic heterocycles. The lowest BCUT2D eigenvalue weighted by molar-refractivity contribution is -0.141. The Kier molecular flexibility index (Phi) is 6.55. The van der Waals surface area contributed by atoms with Crippen molar-refractivity contribution in [1.29, 1.82) is 0 Å². The van der Waals surface area contributed by atoms with Gasteiger partial charge in [0.15, 0.2) is 0 Å². The summed E-state index contributed by atoms with van der Waals surface area (Å²) >= 11 is 0. The summed E-state index contributed by atoms with van der Waals surface area (Å²) in [5, 5.41) is 2.69. The van der Waals surface area contributed by atoms with Gasteiger partial charge >= 0.3 is 0 Å². The monoisotopic (exact) mass is 324 g/mol. The molecule has 0 bridgehead atoms. The average Bonchev–Trinajstić information content (AvgIpc) is 2.63. The molecular weight excluding hydrogens is 300 g/mol. The van der Waals surface area contributed by atoms with Crippen molar-refractivity contribution in [3.05, 3.63) is 71.8 Å². The van der Waals surface area contributed by atoms with Gasteiger partial charge in [-0.05, 0) is 17.5 Å². The lowest BCUT2D eigenvalue weighted by atomic mass is 10.0. The molecule has 2 aromatic carbocycles. The Balaban J connectivity index is 2.40. The lowest BCUT2D eigenvalue weighted by Gasteiger charge is -2.31. The van der Waals surface area contributed by atoms with Crippen molar-refractivity contribution < 1.29 is 9.59 Å². The summed E-state index contributed by atoms with van der Waals surface area (Å²) in [5.41, 5.74) is 1.82. The number of hydrogen-bond acceptors (Lipinski definition) is 2. The molecule has 4 heteroatoms. The largest absolute Gasteiger partial charge is 0.357 e. The molecule has 0 saturated carbocycles. The molecule has 0 heterocycles. The van der Waals surface area contributed by atoms with Crippen LogP contribution in [0.2, 0.25) is 0 Å². The highest BCUT2D eigenvalue weighted by Gasteiger charge is 2.30. The highest BCUT2D eigenvalue weighted by molar-refractivity contribution is 5.88. The molecule has 1 N–H and O–H groups in total. The molecule has 0 radical (unpaired) electrons. The predicted octanol–water partition coefficient (Wildman–Crippen LogP) is 3.30. The Bertz CT molecular complexity index is 656. The molecule has 126 valence electrons. The van der Waals surface area contributed by atoms with Gasteiger partial charge in [0.05, 0.1) is 0 Å². The number of rotatable bonds is 7. The number of carbonyl (C=O) groups is 2. The maximum atomic E-state index is 12.7. The van der Waals surface area contributed by atoms with Crippen LogP contribution in [0.3, 0.4) is 0 Å². The number of benzene rings is 2. The van der Waals surface area contributed by atoms with Crippen LogP contribution in [-0.4, -0.2) is 23.8 Å². The number of amides is 2.